The minimum atomic E-state index is -3.29. The summed E-state index contributed by atoms with van der Waals surface area (Å²) in [5.41, 5.74) is 1.72. The lowest BCUT2D eigenvalue weighted by Gasteiger charge is -2.08. The molecule has 1 aromatic heterocycles. The summed E-state index contributed by atoms with van der Waals surface area (Å²) in [7, 11) is -3.29. The summed E-state index contributed by atoms with van der Waals surface area (Å²) in [6.45, 7) is 5.84. The maximum absolute atomic E-state index is 11.1. The fraction of sp³-hybridized carbons (Fsp3) is 0.556. The van der Waals surface area contributed by atoms with E-state index in [0.717, 1.165) is 17.5 Å². The van der Waals surface area contributed by atoms with Gasteiger partial charge in [0.15, 0.2) is 0 Å². The minimum Gasteiger partial charge on any atom is -0.227 e. The van der Waals surface area contributed by atoms with Crippen LogP contribution in [-0.4, -0.2) is 24.6 Å². The van der Waals surface area contributed by atoms with Crippen molar-refractivity contribution < 1.29 is 8.42 Å². The van der Waals surface area contributed by atoms with Crippen LogP contribution in [0.3, 0.4) is 0 Å². The number of rotatable bonds is 2. The molecule has 0 fully saturated rings. The number of sulfone groups is 1. The predicted octanol–water partition coefficient (Wildman–Crippen LogP) is 1.31. The molecule has 78 valence electrons. The normalized spacial score (nSPS) is 12.1. The van der Waals surface area contributed by atoms with Gasteiger partial charge in [0.2, 0.25) is 15.0 Å². The first-order valence-corrected chi connectivity index (χ1v) is 6.25. The molecule has 0 aromatic carbocycles. The fourth-order valence-corrected chi connectivity index (χ4v) is 1.75. The van der Waals surface area contributed by atoms with Crippen LogP contribution in [0.2, 0.25) is 0 Å². The second-order valence-corrected chi connectivity index (χ2v) is 5.53. The highest BCUT2D eigenvalue weighted by Gasteiger charge is 2.13. The molecule has 0 aliphatic carbocycles. The Balaban J connectivity index is 3.27. The van der Waals surface area contributed by atoms with E-state index in [0.29, 0.717) is 5.92 Å². The van der Waals surface area contributed by atoms with Crippen molar-refractivity contribution in [1.82, 2.24) is 9.97 Å². The molecule has 4 nitrogen and oxygen atoms in total. The van der Waals surface area contributed by atoms with Crippen LogP contribution in [-0.2, 0) is 9.84 Å². The number of nitrogens with zero attached hydrogens (tertiary/aromatic N) is 2. The molecule has 1 rings (SSSR count). The van der Waals surface area contributed by atoms with Crippen LogP contribution in [0.25, 0.3) is 0 Å². The van der Waals surface area contributed by atoms with Crippen LogP contribution in [0.4, 0.5) is 0 Å². The van der Waals surface area contributed by atoms with Gasteiger partial charge in [-0.05, 0) is 18.4 Å². The highest BCUT2D eigenvalue weighted by atomic mass is 32.2. The van der Waals surface area contributed by atoms with Crippen LogP contribution in [0.5, 0.6) is 0 Å². The lowest BCUT2D eigenvalue weighted by molar-refractivity contribution is 0.591. The average molecular weight is 214 g/mol. The molecular weight excluding hydrogens is 200 g/mol. The van der Waals surface area contributed by atoms with Gasteiger partial charge in [0.05, 0.1) is 0 Å². The maximum Gasteiger partial charge on any atom is 0.246 e. The molecule has 0 aliphatic rings. The molecular formula is C9H14N2O2S. The summed E-state index contributed by atoms with van der Waals surface area (Å²) in [5.74, 6) is 0.309. The summed E-state index contributed by atoms with van der Waals surface area (Å²) < 4.78 is 22.3. The Hall–Kier alpha value is -0.970. The standard InChI is InChI=1S/C9H14N2O2S/c1-6(2)8-5-10-9(11-7(8)3)14(4,12)13/h5-6H,1-4H3. The van der Waals surface area contributed by atoms with Gasteiger partial charge in [0.25, 0.3) is 0 Å². The Bertz CT molecular complexity index is 438. The van der Waals surface area contributed by atoms with Crippen LogP contribution in [0, 0.1) is 6.92 Å². The van der Waals surface area contributed by atoms with Gasteiger partial charge in [-0.15, -0.1) is 0 Å². The molecule has 1 aromatic rings. The first-order valence-electron chi connectivity index (χ1n) is 4.36. The van der Waals surface area contributed by atoms with E-state index < -0.39 is 9.84 Å². The Morgan fingerprint density at radius 1 is 1.36 bits per heavy atom. The van der Waals surface area contributed by atoms with Crippen molar-refractivity contribution in [3.05, 3.63) is 17.5 Å². The van der Waals surface area contributed by atoms with Gasteiger partial charge in [0.1, 0.15) is 0 Å². The molecule has 0 bridgehead atoms. The monoisotopic (exact) mass is 214 g/mol. The first-order chi connectivity index (χ1) is 6.32. The number of hydrogen-bond donors (Lipinski definition) is 0. The van der Waals surface area contributed by atoms with E-state index in [1.54, 1.807) is 13.1 Å². The SMILES string of the molecule is Cc1nc(S(C)(=O)=O)ncc1C(C)C. The Kier molecular flexibility index (Phi) is 2.89. The summed E-state index contributed by atoms with van der Waals surface area (Å²) in [4.78, 5) is 7.80. The van der Waals surface area contributed by atoms with Crippen LogP contribution >= 0.6 is 0 Å². The molecule has 0 unspecified atom stereocenters. The lowest BCUT2D eigenvalue weighted by atomic mass is 10.0. The van der Waals surface area contributed by atoms with Gasteiger partial charge >= 0.3 is 0 Å². The van der Waals surface area contributed by atoms with E-state index in [-0.39, 0.29) is 5.16 Å². The smallest absolute Gasteiger partial charge is 0.227 e. The molecule has 0 saturated heterocycles. The first kappa shape index (κ1) is 11.1. The number of aromatic nitrogens is 2. The third-order valence-corrected chi connectivity index (χ3v) is 2.81. The van der Waals surface area contributed by atoms with Crippen molar-refractivity contribution in [1.29, 1.82) is 0 Å². The van der Waals surface area contributed by atoms with Gasteiger partial charge < -0.3 is 0 Å². The highest BCUT2D eigenvalue weighted by molar-refractivity contribution is 7.90. The van der Waals surface area contributed by atoms with E-state index in [1.165, 1.54) is 0 Å². The van der Waals surface area contributed by atoms with Crippen LogP contribution in [0.1, 0.15) is 31.0 Å². The van der Waals surface area contributed by atoms with Crippen molar-refractivity contribution in [2.45, 2.75) is 31.8 Å². The van der Waals surface area contributed by atoms with E-state index in [4.69, 9.17) is 0 Å². The molecule has 0 N–H and O–H groups in total. The zero-order chi connectivity index (χ0) is 10.9. The van der Waals surface area contributed by atoms with Crippen molar-refractivity contribution >= 4 is 9.84 Å². The Morgan fingerprint density at radius 2 is 1.93 bits per heavy atom. The fourth-order valence-electron chi connectivity index (χ4n) is 1.20. The second-order valence-electron chi connectivity index (χ2n) is 3.62. The van der Waals surface area contributed by atoms with Gasteiger partial charge in [-0.25, -0.2) is 18.4 Å². The third kappa shape index (κ3) is 2.29. The van der Waals surface area contributed by atoms with E-state index in [1.807, 2.05) is 13.8 Å². The molecule has 0 amide bonds. The third-order valence-electron chi connectivity index (χ3n) is 1.95. The maximum atomic E-state index is 11.1. The molecule has 0 atom stereocenters. The van der Waals surface area contributed by atoms with Crippen molar-refractivity contribution in [2.75, 3.05) is 6.26 Å². The van der Waals surface area contributed by atoms with Crippen molar-refractivity contribution in [3.8, 4) is 0 Å². The molecule has 5 heteroatoms. The molecule has 0 saturated carbocycles. The van der Waals surface area contributed by atoms with E-state index >= 15 is 0 Å². The van der Waals surface area contributed by atoms with E-state index in [9.17, 15) is 8.42 Å². The number of hydrogen-bond acceptors (Lipinski definition) is 4. The van der Waals surface area contributed by atoms with Crippen molar-refractivity contribution in [2.24, 2.45) is 0 Å². The van der Waals surface area contributed by atoms with E-state index in [2.05, 4.69) is 9.97 Å². The summed E-state index contributed by atoms with van der Waals surface area (Å²) in [5, 5.41) is -0.0978. The van der Waals surface area contributed by atoms with Crippen LogP contribution in [0.15, 0.2) is 11.4 Å². The molecule has 1 heterocycles. The topological polar surface area (TPSA) is 59.9 Å². The van der Waals surface area contributed by atoms with Gasteiger partial charge in [0, 0.05) is 18.1 Å². The lowest BCUT2D eigenvalue weighted by Crippen LogP contribution is -2.07. The summed E-state index contributed by atoms with van der Waals surface area (Å²) >= 11 is 0. The van der Waals surface area contributed by atoms with Crippen LogP contribution < -0.4 is 0 Å². The minimum absolute atomic E-state index is 0.0978. The largest absolute Gasteiger partial charge is 0.246 e. The Labute approximate surface area is 84.3 Å². The quantitative estimate of drug-likeness (QED) is 0.696. The van der Waals surface area contributed by atoms with Gasteiger partial charge in [-0.1, -0.05) is 13.8 Å². The summed E-state index contributed by atoms with van der Waals surface area (Å²) in [6.07, 6.45) is 2.69. The molecule has 14 heavy (non-hydrogen) atoms. The second kappa shape index (κ2) is 3.65. The predicted molar refractivity (Wildman–Crippen MR) is 54.0 cm³/mol. The molecule has 0 aliphatic heterocycles. The average Bonchev–Trinajstić information content (AvgIpc) is 2.01. The van der Waals surface area contributed by atoms with Crippen molar-refractivity contribution in [3.63, 3.8) is 0 Å². The Morgan fingerprint density at radius 3 is 2.29 bits per heavy atom. The summed E-state index contributed by atoms with van der Waals surface area (Å²) in [6, 6.07) is 0. The van der Waals surface area contributed by atoms with Gasteiger partial charge in [-0.3, -0.25) is 0 Å². The zero-order valence-corrected chi connectivity index (χ0v) is 9.59. The zero-order valence-electron chi connectivity index (χ0n) is 8.77. The van der Waals surface area contributed by atoms with Gasteiger partial charge in [-0.2, -0.15) is 0 Å². The molecule has 0 radical (unpaired) electrons. The highest BCUT2D eigenvalue weighted by Crippen LogP contribution is 2.16. The molecule has 0 spiro atoms. The number of aryl methyl sites for hydroxylation is 1.